The van der Waals surface area contributed by atoms with Crippen molar-refractivity contribution in [1.29, 1.82) is 0 Å². The standard InChI is InChI=1S/C8H5N2/c1-2-4-8-7(3-1)5-6-9-10-8/h1-2,4-6H. The largest absolute Gasteiger partial charge is 0.159 e. The third kappa shape index (κ3) is 0.739. The van der Waals surface area contributed by atoms with Crippen molar-refractivity contribution in [3.63, 3.8) is 0 Å². The zero-order valence-electron chi connectivity index (χ0n) is 5.28. The van der Waals surface area contributed by atoms with Gasteiger partial charge in [-0.3, -0.25) is 0 Å². The first kappa shape index (κ1) is 5.35. The molecule has 1 aromatic heterocycles. The number of aromatic nitrogens is 2. The van der Waals surface area contributed by atoms with Gasteiger partial charge in [0, 0.05) is 5.39 Å². The molecule has 0 N–H and O–H groups in total. The molecule has 0 saturated heterocycles. The van der Waals surface area contributed by atoms with Gasteiger partial charge in [-0.15, -0.1) is 0 Å². The van der Waals surface area contributed by atoms with Crippen LogP contribution < -0.4 is 0 Å². The summed E-state index contributed by atoms with van der Waals surface area (Å²) in [6, 6.07) is 10.6. The molecule has 0 atom stereocenters. The lowest BCUT2D eigenvalue weighted by Gasteiger charge is -1.89. The van der Waals surface area contributed by atoms with E-state index in [2.05, 4.69) is 16.3 Å². The van der Waals surface area contributed by atoms with Gasteiger partial charge in [0.2, 0.25) is 0 Å². The van der Waals surface area contributed by atoms with Crippen LogP contribution in [0.15, 0.2) is 30.5 Å². The van der Waals surface area contributed by atoms with Crippen molar-refractivity contribution in [1.82, 2.24) is 10.2 Å². The number of nitrogens with zero attached hydrogens (tertiary/aromatic N) is 2. The Morgan fingerprint density at radius 1 is 1.30 bits per heavy atom. The van der Waals surface area contributed by atoms with Crippen molar-refractivity contribution >= 4 is 10.9 Å². The summed E-state index contributed by atoms with van der Waals surface area (Å²) in [5.41, 5.74) is 0.894. The van der Waals surface area contributed by atoms with Gasteiger partial charge in [-0.25, -0.2) is 0 Å². The van der Waals surface area contributed by atoms with Crippen molar-refractivity contribution in [2.24, 2.45) is 0 Å². The lowest BCUT2D eigenvalue weighted by atomic mass is 10.2. The topological polar surface area (TPSA) is 25.8 Å². The summed E-state index contributed by atoms with van der Waals surface area (Å²) < 4.78 is 0. The Balaban J connectivity index is 2.89. The molecule has 0 unspecified atom stereocenters. The minimum Gasteiger partial charge on any atom is -0.159 e. The summed E-state index contributed by atoms with van der Waals surface area (Å²) in [7, 11) is 0. The van der Waals surface area contributed by atoms with E-state index < -0.39 is 0 Å². The third-order valence-electron chi connectivity index (χ3n) is 1.34. The normalized spacial score (nSPS) is 10.0. The maximum Gasteiger partial charge on any atom is 0.0935 e. The Bertz CT molecular complexity index is 278. The predicted molar refractivity (Wildman–Crippen MR) is 38.4 cm³/mol. The third-order valence-corrected chi connectivity index (χ3v) is 1.34. The van der Waals surface area contributed by atoms with Crippen LogP contribution in [0.3, 0.4) is 0 Å². The van der Waals surface area contributed by atoms with Crippen LogP contribution >= 0.6 is 0 Å². The second-order valence-corrected chi connectivity index (χ2v) is 2.00. The molecule has 0 aliphatic heterocycles. The monoisotopic (exact) mass is 129 g/mol. The fraction of sp³-hybridized carbons (Fsp3) is 0. The van der Waals surface area contributed by atoms with E-state index in [9.17, 15) is 0 Å². The highest BCUT2D eigenvalue weighted by Gasteiger charge is 1.88. The SMILES string of the molecule is [c]1cccc2nnccc12. The summed E-state index contributed by atoms with van der Waals surface area (Å²) in [5, 5.41) is 8.65. The van der Waals surface area contributed by atoms with E-state index in [1.807, 2.05) is 24.3 Å². The van der Waals surface area contributed by atoms with Crippen LogP contribution in [0.4, 0.5) is 0 Å². The molecule has 0 amide bonds. The van der Waals surface area contributed by atoms with Crippen LogP contribution in [0.5, 0.6) is 0 Å². The Labute approximate surface area is 58.5 Å². The maximum atomic E-state index is 3.90. The quantitative estimate of drug-likeness (QED) is 0.537. The van der Waals surface area contributed by atoms with Crippen molar-refractivity contribution in [2.45, 2.75) is 0 Å². The van der Waals surface area contributed by atoms with Gasteiger partial charge < -0.3 is 0 Å². The number of hydrogen-bond acceptors (Lipinski definition) is 2. The van der Waals surface area contributed by atoms with Gasteiger partial charge in [-0.1, -0.05) is 12.1 Å². The van der Waals surface area contributed by atoms with Crippen molar-refractivity contribution < 1.29 is 0 Å². The molecule has 10 heavy (non-hydrogen) atoms. The maximum absolute atomic E-state index is 3.90. The fourth-order valence-corrected chi connectivity index (χ4v) is 0.865. The van der Waals surface area contributed by atoms with E-state index in [1.165, 1.54) is 0 Å². The second-order valence-electron chi connectivity index (χ2n) is 2.00. The average Bonchev–Trinajstić information content (AvgIpc) is 2.05. The number of fused-ring (bicyclic) bond motifs is 1. The number of rotatable bonds is 0. The van der Waals surface area contributed by atoms with E-state index in [-0.39, 0.29) is 0 Å². The van der Waals surface area contributed by atoms with E-state index >= 15 is 0 Å². The zero-order valence-corrected chi connectivity index (χ0v) is 5.28. The Hall–Kier alpha value is -1.44. The molecule has 2 nitrogen and oxygen atoms in total. The summed E-state index contributed by atoms with van der Waals surface area (Å²) in [5.74, 6) is 0. The molecule has 1 aromatic carbocycles. The summed E-state index contributed by atoms with van der Waals surface area (Å²) in [4.78, 5) is 0. The zero-order chi connectivity index (χ0) is 6.81. The molecule has 0 saturated carbocycles. The Kier molecular flexibility index (Phi) is 1.10. The van der Waals surface area contributed by atoms with Gasteiger partial charge >= 0.3 is 0 Å². The van der Waals surface area contributed by atoms with Gasteiger partial charge in [0.15, 0.2) is 0 Å². The molecule has 0 bridgehead atoms. The van der Waals surface area contributed by atoms with Crippen LogP contribution in [0.2, 0.25) is 0 Å². The molecule has 2 aromatic rings. The molecule has 0 aliphatic rings. The molecule has 0 fully saturated rings. The molecule has 1 heterocycles. The van der Waals surface area contributed by atoms with Crippen molar-refractivity contribution in [3.8, 4) is 0 Å². The number of benzene rings is 1. The second kappa shape index (κ2) is 2.06. The minimum absolute atomic E-state index is 0.894. The number of hydrogen-bond donors (Lipinski definition) is 0. The first-order valence-corrected chi connectivity index (χ1v) is 3.05. The summed E-state index contributed by atoms with van der Waals surface area (Å²) in [6.07, 6.45) is 1.67. The van der Waals surface area contributed by atoms with Crippen molar-refractivity contribution in [2.75, 3.05) is 0 Å². The molecular formula is C8H5N2. The smallest absolute Gasteiger partial charge is 0.0935 e. The predicted octanol–water partition coefficient (Wildman–Crippen LogP) is 1.43. The van der Waals surface area contributed by atoms with E-state index in [0.29, 0.717) is 0 Å². The van der Waals surface area contributed by atoms with Gasteiger partial charge in [-0.2, -0.15) is 10.2 Å². The van der Waals surface area contributed by atoms with Crippen LogP contribution in [0, 0.1) is 6.07 Å². The molecule has 2 rings (SSSR count). The summed E-state index contributed by atoms with van der Waals surface area (Å²) in [6.45, 7) is 0. The van der Waals surface area contributed by atoms with Gasteiger partial charge in [0.1, 0.15) is 0 Å². The molecular weight excluding hydrogens is 124 g/mol. The highest BCUT2D eigenvalue weighted by Crippen LogP contribution is 2.05. The van der Waals surface area contributed by atoms with E-state index in [4.69, 9.17) is 0 Å². The van der Waals surface area contributed by atoms with E-state index in [0.717, 1.165) is 10.9 Å². The molecule has 0 aliphatic carbocycles. The van der Waals surface area contributed by atoms with Crippen molar-refractivity contribution in [3.05, 3.63) is 36.5 Å². The summed E-state index contributed by atoms with van der Waals surface area (Å²) >= 11 is 0. The van der Waals surface area contributed by atoms with E-state index in [1.54, 1.807) is 6.20 Å². The van der Waals surface area contributed by atoms with Crippen LogP contribution in [0.1, 0.15) is 0 Å². The van der Waals surface area contributed by atoms with Gasteiger partial charge in [-0.05, 0) is 18.2 Å². The highest BCUT2D eigenvalue weighted by atomic mass is 15.1. The van der Waals surface area contributed by atoms with Crippen LogP contribution in [-0.2, 0) is 0 Å². The minimum atomic E-state index is 0.894. The van der Waals surface area contributed by atoms with Crippen LogP contribution in [-0.4, -0.2) is 10.2 Å². The van der Waals surface area contributed by atoms with Gasteiger partial charge in [0.05, 0.1) is 11.7 Å². The molecule has 1 radical (unpaired) electrons. The average molecular weight is 129 g/mol. The molecule has 47 valence electrons. The van der Waals surface area contributed by atoms with Gasteiger partial charge in [0.25, 0.3) is 0 Å². The highest BCUT2D eigenvalue weighted by molar-refractivity contribution is 5.76. The molecule has 2 heteroatoms. The fourth-order valence-electron chi connectivity index (χ4n) is 0.865. The Morgan fingerprint density at radius 2 is 2.30 bits per heavy atom. The lowest BCUT2D eigenvalue weighted by molar-refractivity contribution is 1.08. The first-order valence-electron chi connectivity index (χ1n) is 3.05. The Morgan fingerprint density at radius 3 is 3.20 bits per heavy atom. The lowest BCUT2D eigenvalue weighted by Crippen LogP contribution is -1.79. The molecule has 0 spiro atoms. The first-order chi connectivity index (χ1) is 4.97. The van der Waals surface area contributed by atoms with Crippen LogP contribution in [0.25, 0.3) is 10.9 Å².